The smallest absolute Gasteiger partial charge is 0.160 e. The van der Waals surface area contributed by atoms with E-state index in [0.717, 1.165) is 48.4 Å². The molecular weight excluding hydrogens is 234 g/mol. The number of hydrogen-bond acceptors (Lipinski definition) is 5. The van der Waals surface area contributed by atoms with Gasteiger partial charge in [0.05, 0.1) is 6.61 Å². The first-order valence-corrected chi connectivity index (χ1v) is 7.30. The Kier molecular flexibility index (Phi) is 4.62. The SMILES string of the molecule is CCNc1cc(CC)nc(C2CSCCO2)n1. The van der Waals surface area contributed by atoms with Crippen LogP contribution in [0.25, 0.3) is 0 Å². The molecule has 1 aromatic heterocycles. The topological polar surface area (TPSA) is 47.0 Å². The maximum atomic E-state index is 5.72. The van der Waals surface area contributed by atoms with Crippen LogP contribution in [-0.2, 0) is 11.2 Å². The minimum atomic E-state index is 0.0534. The summed E-state index contributed by atoms with van der Waals surface area (Å²) >= 11 is 1.91. The van der Waals surface area contributed by atoms with Gasteiger partial charge in [0.2, 0.25) is 0 Å². The molecule has 1 aromatic rings. The molecule has 17 heavy (non-hydrogen) atoms. The Bertz CT molecular complexity index is 367. The van der Waals surface area contributed by atoms with Crippen molar-refractivity contribution >= 4 is 17.6 Å². The zero-order valence-electron chi connectivity index (χ0n) is 10.4. The summed E-state index contributed by atoms with van der Waals surface area (Å²) < 4.78 is 5.72. The summed E-state index contributed by atoms with van der Waals surface area (Å²) in [7, 11) is 0. The van der Waals surface area contributed by atoms with Crippen LogP contribution in [-0.4, -0.2) is 34.6 Å². The first-order chi connectivity index (χ1) is 8.33. The average molecular weight is 253 g/mol. The van der Waals surface area contributed by atoms with Gasteiger partial charge in [-0.05, 0) is 13.3 Å². The van der Waals surface area contributed by atoms with Gasteiger partial charge in [0.15, 0.2) is 5.82 Å². The van der Waals surface area contributed by atoms with Crippen LogP contribution < -0.4 is 5.32 Å². The monoisotopic (exact) mass is 253 g/mol. The van der Waals surface area contributed by atoms with Crippen molar-refractivity contribution in [3.05, 3.63) is 17.6 Å². The molecule has 1 fully saturated rings. The fourth-order valence-electron chi connectivity index (χ4n) is 1.75. The zero-order valence-corrected chi connectivity index (χ0v) is 11.2. The molecule has 1 aliphatic rings. The first kappa shape index (κ1) is 12.6. The van der Waals surface area contributed by atoms with Crippen molar-refractivity contribution in [1.29, 1.82) is 0 Å². The number of thioether (sulfide) groups is 1. The Morgan fingerprint density at radius 3 is 3.00 bits per heavy atom. The second-order valence-electron chi connectivity index (χ2n) is 3.92. The van der Waals surface area contributed by atoms with E-state index >= 15 is 0 Å². The maximum absolute atomic E-state index is 5.72. The van der Waals surface area contributed by atoms with Crippen LogP contribution in [0.15, 0.2) is 6.07 Å². The third-order valence-electron chi connectivity index (χ3n) is 2.62. The Hall–Kier alpha value is -0.810. The average Bonchev–Trinajstić information content (AvgIpc) is 2.40. The van der Waals surface area contributed by atoms with Gasteiger partial charge in [-0.1, -0.05) is 6.92 Å². The van der Waals surface area contributed by atoms with Gasteiger partial charge in [-0.3, -0.25) is 0 Å². The van der Waals surface area contributed by atoms with Crippen LogP contribution in [0.2, 0.25) is 0 Å². The predicted molar refractivity (Wildman–Crippen MR) is 71.6 cm³/mol. The van der Waals surface area contributed by atoms with E-state index in [9.17, 15) is 0 Å². The molecule has 0 bridgehead atoms. The van der Waals surface area contributed by atoms with Crippen molar-refractivity contribution in [2.24, 2.45) is 0 Å². The van der Waals surface area contributed by atoms with Gasteiger partial charge >= 0.3 is 0 Å². The molecule has 4 nitrogen and oxygen atoms in total. The van der Waals surface area contributed by atoms with Crippen molar-refractivity contribution in [1.82, 2.24) is 9.97 Å². The molecule has 2 heterocycles. The minimum Gasteiger partial charge on any atom is -0.370 e. The summed E-state index contributed by atoms with van der Waals surface area (Å²) in [5.74, 6) is 3.77. The van der Waals surface area contributed by atoms with Gasteiger partial charge in [-0.2, -0.15) is 11.8 Å². The van der Waals surface area contributed by atoms with Crippen LogP contribution in [0.3, 0.4) is 0 Å². The highest BCUT2D eigenvalue weighted by Crippen LogP contribution is 2.25. The highest BCUT2D eigenvalue weighted by atomic mass is 32.2. The molecule has 1 atom stereocenters. The number of nitrogens with one attached hydrogen (secondary N) is 1. The van der Waals surface area contributed by atoms with Gasteiger partial charge in [0.25, 0.3) is 0 Å². The Morgan fingerprint density at radius 2 is 2.35 bits per heavy atom. The lowest BCUT2D eigenvalue weighted by atomic mass is 10.3. The highest BCUT2D eigenvalue weighted by molar-refractivity contribution is 7.99. The molecule has 1 aliphatic heterocycles. The number of anilines is 1. The number of ether oxygens (including phenoxy) is 1. The Balaban J connectivity index is 2.21. The lowest BCUT2D eigenvalue weighted by molar-refractivity contribution is 0.0694. The molecule has 1 saturated heterocycles. The van der Waals surface area contributed by atoms with E-state index in [2.05, 4.69) is 29.1 Å². The van der Waals surface area contributed by atoms with Crippen LogP contribution in [0, 0.1) is 0 Å². The van der Waals surface area contributed by atoms with E-state index in [4.69, 9.17) is 4.74 Å². The summed E-state index contributed by atoms with van der Waals surface area (Å²) in [5.41, 5.74) is 1.07. The molecule has 0 amide bonds. The lowest BCUT2D eigenvalue weighted by Crippen LogP contribution is -2.19. The van der Waals surface area contributed by atoms with Gasteiger partial charge in [0, 0.05) is 29.8 Å². The predicted octanol–water partition coefficient (Wildman–Crippen LogP) is 2.28. The van der Waals surface area contributed by atoms with Crippen molar-refractivity contribution in [2.45, 2.75) is 26.4 Å². The summed E-state index contributed by atoms with van der Waals surface area (Å²) in [5, 5.41) is 3.25. The molecule has 0 spiro atoms. The number of nitrogens with zero attached hydrogens (tertiary/aromatic N) is 2. The van der Waals surface area contributed by atoms with Gasteiger partial charge < -0.3 is 10.1 Å². The van der Waals surface area contributed by atoms with E-state index in [0.29, 0.717) is 0 Å². The fourth-order valence-corrected chi connectivity index (χ4v) is 2.59. The molecular formula is C12H19N3OS. The molecule has 0 aliphatic carbocycles. The van der Waals surface area contributed by atoms with E-state index < -0.39 is 0 Å². The zero-order chi connectivity index (χ0) is 12.1. The van der Waals surface area contributed by atoms with Gasteiger partial charge in [-0.25, -0.2) is 9.97 Å². The molecule has 1 unspecified atom stereocenters. The van der Waals surface area contributed by atoms with Crippen LogP contribution >= 0.6 is 11.8 Å². The van der Waals surface area contributed by atoms with Crippen LogP contribution in [0.4, 0.5) is 5.82 Å². The van der Waals surface area contributed by atoms with Crippen molar-refractivity contribution < 1.29 is 4.74 Å². The van der Waals surface area contributed by atoms with Gasteiger partial charge in [0.1, 0.15) is 11.9 Å². The minimum absolute atomic E-state index is 0.0534. The van der Waals surface area contributed by atoms with E-state index in [-0.39, 0.29) is 6.10 Å². The molecule has 1 N–H and O–H groups in total. The largest absolute Gasteiger partial charge is 0.370 e. The second-order valence-corrected chi connectivity index (χ2v) is 5.07. The van der Waals surface area contributed by atoms with E-state index in [1.165, 1.54) is 0 Å². The molecule has 0 radical (unpaired) electrons. The lowest BCUT2D eigenvalue weighted by Gasteiger charge is -2.21. The number of aryl methyl sites for hydroxylation is 1. The molecule has 5 heteroatoms. The molecule has 0 aromatic carbocycles. The third-order valence-corrected chi connectivity index (χ3v) is 3.61. The quantitative estimate of drug-likeness (QED) is 0.892. The van der Waals surface area contributed by atoms with Crippen LogP contribution in [0.1, 0.15) is 31.5 Å². The Labute approximate surface area is 107 Å². The number of hydrogen-bond donors (Lipinski definition) is 1. The number of rotatable bonds is 4. The second kappa shape index (κ2) is 6.21. The molecule has 2 rings (SSSR count). The summed E-state index contributed by atoms with van der Waals surface area (Å²) in [6.07, 6.45) is 0.978. The first-order valence-electron chi connectivity index (χ1n) is 6.14. The normalized spacial score (nSPS) is 20.2. The standard InChI is InChI=1S/C12H19N3OS/c1-3-9-7-11(13-4-2)15-12(14-9)10-8-17-6-5-16-10/h7,10H,3-6,8H2,1-2H3,(H,13,14,15). The summed E-state index contributed by atoms with van der Waals surface area (Å²) in [6, 6.07) is 2.02. The van der Waals surface area contributed by atoms with E-state index in [1.54, 1.807) is 0 Å². The highest BCUT2D eigenvalue weighted by Gasteiger charge is 2.20. The maximum Gasteiger partial charge on any atom is 0.160 e. The van der Waals surface area contributed by atoms with Crippen LogP contribution in [0.5, 0.6) is 0 Å². The third kappa shape index (κ3) is 3.33. The fraction of sp³-hybridized carbons (Fsp3) is 0.667. The van der Waals surface area contributed by atoms with Crippen molar-refractivity contribution in [2.75, 3.05) is 30.0 Å². The van der Waals surface area contributed by atoms with Gasteiger partial charge in [-0.15, -0.1) is 0 Å². The number of aromatic nitrogens is 2. The Morgan fingerprint density at radius 1 is 1.47 bits per heavy atom. The summed E-state index contributed by atoms with van der Waals surface area (Å²) in [6.45, 7) is 5.85. The molecule has 0 saturated carbocycles. The molecule has 94 valence electrons. The van der Waals surface area contributed by atoms with E-state index in [1.807, 2.05) is 17.8 Å². The van der Waals surface area contributed by atoms with Crippen molar-refractivity contribution in [3.63, 3.8) is 0 Å². The summed E-state index contributed by atoms with van der Waals surface area (Å²) in [4.78, 5) is 9.10. The van der Waals surface area contributed by atoms with Crippen molar-refractivity contribution in [3.8, 4) is 0 Å².